The number of hydrogen-bond acceptors (Lipinski definition) is 1. The molecule has 0 heterocycles. The highest BCUT2D eigenvalue weighted by Crippen LogP contribution is 2.14. The van der Waals surface area contributed by atoms with E-state index in [1.165, 1.54) is 11.1 Å². The first-order valence-corrected chi connectivity index (χ1v) is 3.96. The third kappa shape index (κ3) is 1.74. The van der Waals surface area contributed by atoms with Crippen molar-refractivity contribution in [2.45, 2.75) is 13.8 Å². The smallest absolute Gasteiger partial charge is 0.0465 e. The van der Waals surface area contributed by atoms with Gasteiger partial charge in [-0.1, -0.05) is 6.07 Å². The fourth-order valence-corrected chi connectivity index (χ4v) is 1.26. The van der Waals surface area contributed by atoms with Gasteiger partial charge in [0, 0.05) is 21.8 Å². The average Bonchev–Trinajstić information content (AvgIpc) is 1.85. The van der Waals surface area contributed by atoms with Crippen molar-refractivity contribution in [3.05, 3.63) is 29.3 Å². The Kier molecular flexibility index (Phi) is 2.33. The van der Waals surface area contributed by atoms with E-state index in [-0.39, 0.29) is 0 Å². The summed E-state index contributed by atoms with van der Waals surface area (Å²) in [5.41, 5.74) is 3.67. The number of aryl methyl sites for hydroxylation is 2. The molecule has 0 saturated carbocycles. The molecule has 0 aliphatic rings. The lowest BCUT2D eigenvalue weighted by molar-refractivity contribution is 1.39. The van der Waals surface area contributed by atoms with E-state index in [1.54, 1.807) is 0 Å². The lowest BCUT2D eigenvalue weighted by Crippen LogP contribution is -1.82. The standard InChI is InChI=1S/C8H10BrN/c1-6-3-7(2)5-8(4-6)10-9/h3-5,10H,1-2H3. The second-order valence-corrected chi connectivity index (χ2v) is 2.87. The predicted molar refractivity (Wildman–Crippen MR) is 48.5 cm³/mol. The van der Waals surface area contributed by atoms with Gasteiger partial charge in [-0.25, -0.2) is 0 Å². The molecule has 0 unspecified atom stereocenters. The van der Waals surface area contributed by atoms with Gasteiger partial charge in [0.05, 0.1) is 0 Å². The van der Waals surface area contributed by atoms with Gasteiger partial charge in [0.15, 0.2) is 0 Å². The Morgan fingerprint density at radius 2 is 1.60 bits per heavy atom. The molecule has 0 amide bonds. The van der Waals surface area contributed by atoms with Crippen LogP contribution in [0.5, 0.6) is 0 Å². The van der Waals surface area contributed by atoms with Crippen molar-refractivity contribution in [3.8, 4) is 0 Å². The van der Waals surface area contributed by atoms with E-state index in [9.17, 15) is 0 Å². The van der Waals surface area contributed by atoms with Gasteiger partial charge in [0.1, 0.15) is 0 Å². The van der Waals surface area contributed by atoms with Crippen LogP contribution in [0.15, 0.2) is 18.2 Å². The van der Waals surface area contributed by atoms with E-state index in [4.69, 9.17) is 0 Å². The van der Waals surface area contributed by atoms with Gasteiger partial charge >= 0.3 is 0 Å². The van der Waals surface area contributed by atoms with Crippen LogP contribution in [0.1, 0.15) is 11.1 Å². The molecule has 0 radical (unpaired) electrons. The minimum absolute atomic E-state index is 1.11. The number of rotatable bonds is 1. The first-order valence-electron chi connectivity index (χ1n) is 3.17. The van der Waals surface area contributed by atoms with Crippen LogP contribution in [-0.2, 0) is 0 Å². The SMILES string of the molecule is Cc1cc(C)cc(NBr)c1. The number of anilines is 1. The highest BCUT2D eigenvalue weighted by Gasteiger charge is 1.91. The van der Waals surface area contributed by atoms with Crippen LogP contribution in [0.2, 0.25) is 0 Å². The van der Waals surface area contributed by atoms with Crippen molar-refractivity contribution in [1.29, 1.82) is 0 Å². The average molecular weight is 200 g/mol. The summed E-state index contributed by atoms with van der Waals surface area (Å²) in [6.07, 6.45) is 0. The first-order chi connectivity index (χ1) is 4.72. The Labute approximate surface area is 69.8 Å². The lowest BCUT2D eigenvalue weighted by atomic mass is 10.1. The summed E-state index contributed by atoms with van der Waals surface area (Å²) in [5.74, 6) is 0. The maximum atomic E-state index is 3.18. The fraction of sp³-hybridized carbons (Fsp3) is 0.250. The molecule has 0 aliphatic heterocycles. The van der Waals surface area contributed by atoms with Crippen molar-refractivity contribution < 1.29 is 0 Å². The molecule has 0 aliphatic carbocycles. The van der Waals surface area contributed by atoms with Gasteiger partial charge < -0.3 is 4.34 Å². The van der Waals surface area contributed by atoms with Crippen molar-refractivity contribution in [1.82, 2.24) is 0 Å². The van der Waals surface area contributed by atoms with E-state index in [0.29, 0.717) is 0 Å². The molecular weight excluding hydrogens is 190 g/mol. The van der Waals surface area contributed by atoms with E-state index >= 15 is 0 Å². The van der Waals surface area contributed by atoms with Gasteiger partial charge in [-0.15, -0.1) is 0 Å². The van der Waals surface area contributed by atoms with E-state index < -0.39 is 0 Å². The molecule has 1 aromatic rings. The Hall–Kier alpha value is -0.500. The van der Waals surface area contributed by atoms with Gasteiger partial charge in [-0.2, -0.15) is 0 Å². The molecule has 1 N–H and O–H groups in total. The quantitative estimate of drug-likeness (QED) is 0.687. The molecule has 0 spiro atoms. The van der Waals surface area contributed by atoms with Gasteiger partial charge in [0.25, 0.3) is 0 Å². The van der Waals surface area contributed by atoms with Crippen LogP contribution >= 0.6 is 16.1 Å². The second-order valence-electron chi connectivity index (χ2n) is 2.47. The summed E-state index contributed by atoms with van der Waals surface area (Å²) in [4.78, 5) is 0. The lowest BCUT2D eigenvalue weighted by Gasteiger charge is -2.00. The highest BCUT2D eigenvalue weighted by atomic mass is 79.9. The van der Waals surface area contributed by atoms with Crippen LogP contribution < -0.4 is 4.34 Å². The monoisotopic (exact) mass is 199 g/mol. The topological polar surface area (TPSA) is 12.0 Å². The summed E-state index contributed by atoms with van der Waals surface area (Å²) in [6.45, 7) is 4.17. The van der Waals surface area contributed by atoms with Crippen LogP contribution in [0, 0.1) is 13.8 Å². The highest BCUT2D eigenvalue weighted by molar-refractivity contribution is 9.10. The van der Waals surface area contributed by atoms with Gasteiger partial charge in [-0.3, -0.25) is 0 Å². The van der Waals surface area contributed by atoms with Crippen LogP contribution in [0.25, 0.3) is 0 Å². The number of halogens is 1. The van der Waals surface area contributed by atoms with E-state index in [1.807, 2.05) is 0 Å². The van der Waals surface area contributed by atoms with Crippen LogP contribution in [-0.4, -0.2) is 0 Å². The fourth-order valence-electron chi connectivity index (χ4n) is 1.03. The zero-order chi connectivity index (χ0) is 7.56. The maximum Gasteiger partial charge on any atom is 0.0465 e. The van der Waals surface area contributed by atoms with Gasteiger partial charge in [-0.05, 0) is 37.1 Å². The summed E-state index contributed by atoms with van der Waals surface area (Å²) >= 11 is 3.18. The Balaban J connectivity index is 3.06. The molecule has 0 atom stereocenters. The summed E-state index contributed by atoms with van der Waals surface area (Å²) in [7, 11) is 0. The molecule has 54 valence electrons. The normalized spacial score (nSPS) is 9.50. The first kappa shape index (κ1) is 7.61. The Morgan fingerprint density at radius 3 is 2.00 bits per heavy atom. The largest absolute Gasteiger partial charge is 0.322 e. The van der Waals surface area contributed by atoms with Gasteiger partial charge in [0.2, 0.25) is 0 Å². The summed E-state index contributed by atoms with van der Waals surface area (Å²) in [5, 5.41) is 0. The maximum absolute atomic E-state index is 3.18. The van der Waals surface area contributed by atoms with Crippen molar-refractivity contribution in [3.63, 3.8) is 0 Å². The predicted octanol–water partition coefficient (Wildman–Crippen LogP) is 3.03. The van der Waals surface area contributed by atoms with Crippen LogP contribution in [0.3, 0.4) is 0 Å². The molecular formula is C8H10BrN. The molecule has 1 aromatic carbocycles. The van der Waals surface area contributed by atoms with Crippen LogP contribution in [0.4, 0.5) is 5.69 Å². The number of nitrogens with one attached hydrogen (secondary N) is 1. The Morgan fingerprint density at radius 1 is 1.10 bits per heavy atom. The molecule has 1 rings (SSSR count). The molecule has 1 nitrogen and oxygen atoms in total. The third-order valence-electron chi connectivity index (χ3n) is 1.33. The molecule has 0 saturated heterocycles. The molecule has 0 fully saturated rings. The minimum Gasteiger partial charge on any atom is -0.322 e. The molecule has 0 bridgehead atoms. The van der Waals surface area contributed by atoms with E-state index in [2.05, 4.69) is 52.5 Å². The van der Waals surface area contributed by atoms with E-state index in [0.717, 1.165) is 5.69 Å². The van der Waals surface area contributed by atoms with Crippen molar-refractivity contribution in [2.75, 3.05) is 4.34 Å². The second kappa shape index (κ2) is 3.06. The number of benzene rings is 1. The Bertz CT molecular complexity index is 212. The summed E-state index contributed by atoms with van der Waals surface area (Å²) < 4.78 is 2.92. The number of hydrogen-bond donors (Lipinski definition) is 1. The van der Waals surface area contributed by atoms with Crippen molar-refractivity contribution in [2.24, 2.45) is 0 Å². The third-order valence-corrected chi connectivity index (χ3v) is 1.79. The zero-order valence-electron chi connectivity index (χ0n) is 6.11. The summed E-state index contributed by atoms with van der Waals surface area (Å²) in [6, 6.07) is 6.32. The molecule has 10 heavy (non-hydrogen) atoms. The minimum atomic E-state index is 1.11. The zero-order valence-corrected chi connectivity index (χ0v) is 7.70. The van der Waals surface area contributed by atoms with Crippen molar-refractivity contribution >= 4 is 21.8 Å². The molecule has 2 heteroatoms. The molecule has 0 aromatic heterocycles.